The highest BCUT2D eigenvalue weighted by Gasteiger charge is 2.57. The summed E-state index contributed by atoms with van der Waals surface area (Å²) < 4.78 is 25.4. The zero-order chi connectivity index (χ0) is 14.5. The van der Waals surface area contributed by atoms with Gasteiger partial charge in [-0.25, -0.2) is 13.6 Å². The summed E-state index contributed by atoms with van der Waals surface area (Å²) in [4.78, 5) is 39.8. The third kappa shape index (κ3) is 1.95. The quantitative estimate of drug-likeness (QED) is 0.792. The number of hydrogen-bond donors (Lipinski definition) is 0. The molecule has 1 aliphatic carbocycles. The van der Waals surface area contributed by atoms with Crippen molar-refractivity contribution in [2.45, 2.75) is 18.8 Å². The average Bonchev–Trinajstić information content (AvgIpc) is 2.93. The largest absolute Gasteiger partial charge is 0.333 e. The van der Waals surface area contributed by atoms with Gasteiger partial charge >= 0.3 is 5.97 Å². The van der Waals surface area contributed by atoms with Gasteiger partial charge in [0.1, 0.15) is 0 Å². The number of hydroxylamine groups is 2. The molecule has 0 spiro atoms. The van der Waals surface area contributed by atoms with Crippen LogP contribution in [0.1, 0.15) is 33.6 Å². The van der Waals surface area contributed by atoms with Gasteiger partial charge in [0.25, 0.3) is 17.7 Å². The van der Waals surface area contributed by atoms with Crippen LogP contribution in [0.5, 0.6) is 0 Å². The van der Waals surface area contributed by atoms with Crippen molar-refractivity contribution >= 4 is 17.8 Å². The van der Waals surface area contributed by atoms with E-state index in [1.807, 2.05) is 0 Å². The number of alkyl halides is 2. The zero-order valence-electron chi connectivity index (χ0n) is 10.1. The van der Waals surface area contributed by atoms with E-state index in [4.69, 9.17) is 0 Å². The fourth-order valence-corrected chi connectivity index (χ4v) is 2.08. The lowest BCUT2D eigenvalue weighted by Crippen LogP contribution is -2.32. The summed E-state index contributed by atoms with van der Waals surface area (Å²) in [6, 6.07) is 6.00. The van der Waals surface area contributed by atoms with E-state index in [0.717, 1.165) is 0 Å². The summed E-state index contributed by atoms with van der Waals surface area (Å²) in [5.74, 6) is -6.45. The Bertz CT molecular complexity index is 594. The van der Waals surface area contributed by atoms with Gasteiger partial charge in [0.2, 0.25) is 0 Å². The predicted molar refractivity (Wildman–Crippen MR) is 60.7 cm³/mol. The predicted octanol–water partition coefficient (Wildman–Crippen LogP) is 1.79. The van der Waals surface area contributed by atoms with Gasteiger partial charge in [0.05, 0.1) is 17.5 Å². The van der Waals surface area contributed by atoms with Crippen LogP contribution in [0, 0.1) is 5.92 Å². The number of hydrogen-bond acceptors (Lipinski definition) is 4. The SMILES string of the molecule is O=C(CC1CC1(F)F)ON1C(=O)c2ccccc2C1=O. The number of rotatable bonds is 3. The normalized spacial score (nSPS) is 22.7. The van der Waals surface area contributed by atoms with Crippen molar-refractivity contribution in [3.63, 3.8) is 0 Å². The van der Waals surface area contributed by atoms with Crippen LogP contribution >= 0.6 is 0 Å². The molecule has 3 rings (SSSR count). The van der Waals surface area contributed by atoms with Crippen molar-refractivity contribution in [3.8, 4) is 0 Å². The molecule has 1 heterocycles. The van der Waals surface area contributed by atoms with E-state index in [1.54, 1.807) is 12.1 Å². The van der Waals surface area contributed by atoms with Crippen molar-refractivity contribution < 1.29 is 28.0 Å². The number of fused-ring (bicyclic) bond motifs is 1. The lowest BCUT2D eigenvalue weighted by atomic mass is 10.1. The van der Waals surface area contributed by atoms with E-state index in [9.17, 15) is 23.2 Å². The number of halogens is 2. The maximum Gasteiger partial charge on any atom is 0.333 e. The Kier molecular flexibility index (Phi) is 2.60. The third-order valence-electron chi connectivity index (χ3n) is 3.32. The fourth-order valence-electron chi connectivity index (χ4n) is 2.08. The fraction of sp³-hybridized carbons (Fsp3) is 0.308. The molecule has 1 fully saturated rings. The van der Waals surface area contributed by atoms with E-state index in [2.05, 4.69) is 4.84 Å². The van der Waals surface area contributed by atoms with E-state index >= 15 is 0 Å². The lowest BCUT2D eigenvalue weighted by molar-refractivity contribution is -0.169. The summed E-state index contributed by atoms with van der Waals surface area (Å²) in [7, 11) is 0. The first-order valence-electron chi connectivity index (χ1n) is 5.96. The second-order valence-electron chi connectivity index (χ2n) is 4.78. The number of nitrogens with zero attached hydrogens (tertiary/aromatic N) is 1. The number of amides is 2. The summed E-state index contributed by atoms with van der Waals surface area (Å²) >= 11 is 0. The van der Waals surface area contributed by atoms with Crippen LogP contribution in [-0.4, -0.2) is 28.8 Å². The highest BCUT2D eigenvalue weighted by Crippen LogP contribution is 2.50. The van der Waals surface area contributed by atoms with Gasteiger partial charge < -0.3 is 4.84 Å². The summed E-state index contributed by atoms with van der Waals surface area (Å²) in [6.45, 7) is 0. The molecule has 20 heavy (non-hydrogen) atoms. The molecule has 1 saturated carbocycles. The molecule has 5 nitrogen and oxygen atoms in total. The standard InChI is InChI=1S/C13H9F2NO4/c14-13(15)6-7(13)5-10(17)20-16-11(18)8-3-1-2-4-9(8)12(16)19/h1-4,7H,5-6H2. The van der Waals surface area contributed by atoms with Gasteiger partial charge in [0.15, 0.2) is 0 Å². The van der Waals surface area contributed by atoms with Gasteiger partial charge in [0, 0.05) is 12.3 Å². The maximum atomic E-state index is 12.7. The minimum atomic E-state index is -2.85. The molecule has 0 N–H and O–H groups in total. The van der Waals surface area contributed by atoms with Crippen molar-refractivity contribution in [1.82, 2.24) is 5.06 Å². The molecule has 1 aromatic carbocycles. The number of carbonyl (C=O) groups is 3. The van der Waals surface area contributed by atoms with E-state index < -0.39 is 36.0 Å². The van der Waals surface area contributed by atoms with Crippen LogP contribution < -0.4 is 0 Å². The molecule has 0 bridgehead atoms. The molecule has 104 valence electrons. The Morgan fingerprint density at radius 1 is 1.25 bits per heavy atom. The average molecular weight is 281 g/mol. The molecule has 1 aliphatic heterocycles. The van der Waals surface area contributed by atoms with E-state index in [-0.39, 0.29) is 17.5 Å². The Balaban J connectivity index is 1.69. The highest BCUT2D eigenvalue weighted by atomic mass is 19.3. The number of carbonyl (C=O) groups excluding carboxylic acids is 3. The van der Waals surface area contributed by atoms with Crippen LogP contribution in [0.3, 0.4) is 0 Å². The van der Waals surface area contributed by atoms with Gasteiger partial charge in [-0.15, -0.1) is 0 Å². The van der Waals surface area contributed by atoms with Crippen molar-refractivity contribution in [2.24, 2.45) is 5.92 Å². The molecular formula is C13H9F2NO4. The summed E-state index contributed by atoms with van der Waals surface area (Å²) in [5, 5.41) is 0.327. The zero-order valence-corrected chi connectivity index (χ0v) is 10.1. The monoisotopic (exact) mass is 281 g/mol. The van der Waals surface area contributed by atoms with Crippen molar-refractivity contribution in [2.75, 3.05) is 0 Å². The molecular weight excluding hydrogens is 272 g/mol. The Morgan fingerprint density at radius 2 is 1.75 bits per heavy atom. The second kappa shape index (κ2) is 4.09. The molecule has 1 aromatic rings. The molecule has 1 atom stereocenters. The molecule has 0 radical (unpaired) electrons. The van der Waals surface area contributed by atoms with Crippen LogP contribution in [0.4, 0.5) is 8.78 Å². The van der Waals surface area contributed by atoms with Gasteiger partial charge in [-0.3, -0.25) is 9.59 Å². The minimum Gasteiger partial charge on any atom is -0.330 e. The van der Waals surface area contributed by atoms with Gasteiger partial charge in [-0.2, -0.15) is 0 Å². The molecule has 7 heteroatoms. The van der Waals surface area contributed by atoms with E-state index in [0.29, 0.717) is 5.06 Å². The first-order valence-corrected chi connectivity index (χ1v) is 5.96. The first-order chi connectivity index (χ1) is 9.40. The molecule has 2 aliphatic rings. The van der Waals surface area contributed by atoms with E-state index in [1.165, 1.54) is 12.1 Å². The van der Waals surface area contributed by atoms with Crippen LogP contribution in [0.25, 0.3) is 0 Å². The summed E-state index contributed by atoms with van der Waals surface area (Å²) in [5.41, 5.74) is 0.254. The molecule has 0 aromatic heterocycles. The van der Waals surface area contributed by atoms with Gasteiger partial charge in [-0.1, -0.05) is 17.2 Å². The third-order valence-corrected chi connectivity index (χ3v) is 3.32. The molecule has 1 unspecified atom stereocenters. The highest BCUT2D eigenvalue weighted by molar-refractivity contribution is 6.20. The minimum absolute atomic E-state index is 0.127. The molecule has 0 saturated heterocycles. The smallest absolute Gasteiger partial charge is 0.330 e. The maximum absolute atomic E-state index is 12.7. The van der Waals surface area contributed by atoms with Crippen molar-refractivity contribution in [1.29, 1.82) is 0 Å². The van der Waals surface area contributed by atoms with Crippen LogP contribution in [-0.2, 0) is 9.63 Å². The first kappa shape index (κ1) is 12.7. The number of benzene rings is 1. The second-order valence-corrected chi connectivity index (χ2v) is 4.78. The number of imide groups is 1. The Labute approximate surface area is 112 Å². The topological polar surface area (TPSA) is 63.7 Å². The molecule has 2 amide bonds. The lowest BCUT2D eigenvalue weighted by Gasteiger charge is -2.12. The van der Waals surface area contributed by atoms with Crippen LogP contribution in [0.15, 0.2) is 24.3 Å². The summed E-state index contributed by atoms with van der Waals surface area (Å²) in [6.07, 6.45) is -0.884. The van der Waals surface area contributed by atoms with Crippen LogP contribution in [0.2, 0.25) is 0 Å². The Hall–Kier alpha value is -2.31. The van der Waals surface area contributed by atoms with Crippen molar-refractivity contribution in [3.05, 3.63) is 35.4 Å². The Morgan fingerprint density at radius 3 is 2.20 bits per heavy atom. The van der Waals surface area contributed by atoms with Gasteiger partial charge in [-0.05, 0) is 12.1 Å².